The molecule has 0 aliphatic carbocycles. The van der Waals surface area contributed by atoms with Crippen LogP contribution in [0.25, 0.3) is 0 Å². The maximum Gasteiger partial charge on any atom is 0.338 e. The Balaban J connectivity index is 1.51. The molecule has 0 unspecified atom stereocenters. The van der Waals surface area contributed by atoms with Gasteiger partial charge in [0, 0.05) is 16.4 Å². The monoisotopic (exact) mass is 450 g/mol. The van der Waals surface area contributed by atoms with Gasteiger partial charge < -0.3 is 15.4 Å². The van der Waals surface area contributed by atoms with E-state index in [1.54, 1.807) is 48.5 Å². The number of amides is 2. The van der Waals surface area contributed by atoms with Crippen molar-refractivity contribution in [2.24, 2.45) is 0 Å². The fourth-order valence-corrected chi connectivity index (χ4v) is 2.97. The maximum atomic E-state index is 12.4. The van der Waals surface area contributed by atoms with E-state index in [-0.39, 0.29) is 17.9 Å². The van der Waals surface area contributed by atoms with Crippen LogP contribution in [-0.2, 0) is 20.7 Å². The number of halogens is 1. The van der Waals surface area contributed by atoms with Crippen LogP contribution in [0, 0.1) is 6.92 Å². The van der Waals surface area contributed by atoms with E-state index in [4.69, 9.17) is 16.3 Å². The average molecular weight is 451 g/mol. The van der Waals surface area contributed by atoms with Gasteiger partial charge in [0.25, 0.3) is 5.91 Å². The SMILES string of the molecule is Cc1ccc(NC(=O)[C@H](C)OC(=O)c2ccc(NC(=O)Cc3ccc(Cl)cc3)cc2)cc1. The fraction of sp³-hybridized carbons (Fsp3) is 0.160. The zero-order valence-corrected chi connectivity index (χ0v) is 18.5. The van der Waals surface area contributed by atoms with Crippen LogP contribution < -0.4 is 10.6 Å². The maximum absolute atomic E-state index is 12.4. The zero-order valence-electron chi connectivity index (χ0n) is 17.7. The molecule has 7 heteroatoms. The first-order chi connectivity index (χ1) is 15.3. The quantitative estimate of drug-likeness (QED) is 0.495. The van der Waals surface area contributed by atoms with E-state index in [2.05, 4.69) is 10.6 Å². The minimum atomic E-state index is -0.970. The van der Waals surface area contributed by atoms with Gasteiger partial charge >= 0.3 is 5.97 Å². The highest BCUT2D eigenvalue weighted by atomic mass is 35.5. The van der Waals surface area contributed by atoms with E-state index in [0.717, 1.165) is 11.1 Å². The second-order valence-corrected chi connectivity index (χ2v) is 7.77. The Kier molecular flexibility index (Phi) is 7.63. The van der Waals surface area contributed by atoms with Crippen molar-refractivity contribution in [3.8, 4) is 0 Å². The Labute approximate surface area is 191 Å². The lowest BCUT2D eigenvalue weighted by molar-refractivity contribution is -0.123. The average Bonchev–Trinajstić information content (AvgIpc) is 2.77. The number of ether oxygens (including phenoxy) is 1. The molecule has 0 bridgehead atoms. The number of hydrogen-bond donors (Lipinski definition) is 2. The Morgan fingerprint density at radius 1 is 0.844 bits per heavy atom. The molecule has 0 aliphatic heterocycles. The van der Waals surface area contributed by atoms with E-state index in [1.807, 2.05) is 19.1 Å². The molecule has 0 aromatic heterocycles. The zero-order chi connectivity index (χ0) is 23.1. The van der Waals surface area contributed by atoms with Crippen molar-refractivity contribution in [2.75, 3.05) is 10.6 Å². The third-order valence-corrected chi connectivity index (χ3v) is 4.91. The van der Waals surface area contributed by atoms with Crippen molar-refractivity contribution in [1.29, 1.82) is 0 Å². The van der Waals surface area contributed by atoms with E-state index in [9.17, 15) is 14.4 Å². The van der Waals surface area contributed by atoms with Crippen molar-refractivity contribution in [2.45, 2.75) is 26.4 Å². The third-order valence-electron chi connectivity index (χ3n) is 4.65. The molecule has 0 aliphatic rings. The molecule has 164 valence electrons. The van der Waals surface area contributed by atoms with Crippen molar-refractivity contribution in [3.63, 3.8) is 0 Å². The van der Waals surface area contributed by atoms with Gasteiger partial charge in [-0.1, -0.05) is 41.4 Å². The fourth-order valence-electron chi connectivity index (χ4n) is 2.85. The van der Waals surface area contributed by atoms with Crippen LogP contribution >= 0.6 is 11.6 Å². The van der Waals surface area contributed by atoms with Crippen LogP contribution in [0.15, 0.2) is 72.8 Å². The second kappa shape index (κ2) is 10.6. The molecule has 6 nitrogen and oxygen atoms in total. The topological polar surface area (TPSA) is 84.5 Å². The highest BCUT2D eigenvalue weighted by Gasteiger charge is 2.19. The van der Waals surface area contributed by atoms with Crippen LogP contribution in [0.1, 0.15) is 28.4 Å². The molecule has 2 N–H and O–H groups in total. The number of carbonyl (C=O) groups is 3. The molecule has 0 fully saturated rings. The first kappa shape index (κ1) is 23.0. The normalized spacial score (nSPS) is 11.3. The summed E-state index contributed by atoms with van der Waals surface area (Å²) in [5.41, 5.74) is 3.36. The predicted octanol–water partition coefficient (Wildman–Crippen LogP) is 5.01. The molecule has 0 saturated heterocycles. The molecule has 0 radical (unpaired) electrons. The number of nitrogens with one attached hydrogen (secondary N) is 2. The first-order valence-electron chi connectivity index (χ1n) is 10.0. The summed E-state index contributed by atoms with van der Waals surface area (Å²) in [7, 11) is 0. The highest BCUT2D eigenvalue weighted by molar-refractivity contribution is 6.30. The van der Waals surface area contributed by atoms with Gasteiger partial charge in [0.05, 0.1) is 12.0 Å². The molecule has 0 heterocycles. The summed E-state index contributed by atoms with van der Waals surface area (Å²) < 4.78 is 5.25. The van der Waals surface area contributed by atoms with Gasteiger partial charge in [0.1, 0.15) is 0 Å². The summed E-state index contributed by atoms with van der Waals surface area (Å²) in [5, 5.41) is 6.09. The van der Waals surface area contributed by atoms with Gasteiger partial charge in [-0.05, 0) is 67.9 Å². The van der Waals surface area contributed by atoms with Gasteiger partial charge in [0.15, 0.2) is 6.10 Å². The number of carbonyl (C=O) groups excluding carboxylic acids is 3. The number of aryl methyl sites for hydroxylation is 1. The molecule has 2 amide bonds. The standard InChI is InChI=1S/C25H23ClN2O4/c1-16-3-11-22(12-4-16)28-24(30)17(2)32-25(31)19-7-13-21(14-8-19)27-23(29)15-18-5-9-20(26)10-6-18/h3-14,17H,15H2,1-2H3,(H,27,29)(H,28,30)/t17-/m0/s1. The van der Waals surface area contributed by atoms with E-state index < -0.39 is 18.0 Å². The highest BCUT2D eigenvalue weighted by Crippen LogP contribution is 2.15. The molecule has 0 saturated carbocycles. The lowest BCUT2D eigenvalue weighted by Crippen LogP contribution is -2.30. The molecular formula is C25H23ClN2O4. The molecule has 3 aromatic carbocycles. The largest absolute Gasteiger partial charge is 0.449 e. The number of rotatable bonds is 7. The lowest BCUT2D eigenvalue weighted by atomic mass is 10.1. The van der Waals surface area contributed by atoms with Gasteiger partial charge in [-0.3, -0.25) is 9.59 Å². The van der Waals surface area contributed by atoms with Gasteiger partial charge in [-0.15, -0.1) is 0 Å². The number of esters is 1. The van der Waals surface area contributed by atoms with E-state index in [1.165, 1.54) is 19.1 Å². The minimum absolute atomic E-state index is 0.191. The van der Waals surface area contributed by atoms with Crippen molar-refractivity contribution in [3.05, 3.63) is 94.5 Å². The van der Waals surface area contributed by atoms with Crippen LogP contribution in [0.3, 0.4) is 0 Å². The van der Waals surface area contributed by atoms with Gasteiger partial charge in [0.2, 0.25) is 5.91 Å². The smallest absolute Gasteiger partial charge is 0.338 e. The number of anilines is 2. The van der Waals surface area contributed by atoms with Crippen molar-refractivity contribution < 1.29 is 19.1 Å². The molecular weight excluding hydrogens is 428 g/mol. The van der Waals surface area contributed by atoms with Crippen molar-refractivity contribution in [1.82, 2.24) is 0 Å². The molecule has 1 atom stereocenters. The second-order valence-electron chi connectivity index (χ2n) is 7.33. The summed E-state index contributed by atoms with van der Waals surface area (Å²) in [6.45, 7) is 3.46. The minimum Gasteiger partial charge on any atom is -0.449 e. The first-order valence-corrected chi connectivity index (χ1v) is 10.4. The van der Waals surface area contributed by atoms with Crippen LogP contribution in [0.5, 0.6) is 0 Å². The lowest BCUT2D eigenvalue weighted by Gasteiger charge is -2.14. The summed E-state index contributed by atoms with van der Waals surface area (Å²) in [4.78, 5) is 36.8. The van der Waals surface area contributed by atoms with Crippen molar-refractivity contribution >= 4 is 40.8 Å². The molecule has 3 rings (SSSR count). The summed E-state index contributed by atoms with van der Waals surface area (Å²) in [5.74, 6) is -1.24. The van der Waals surface area contributed by atoms with Gasteiger partial charge in [-0.2, -0.15) is 0 Å². The Morgan fingerprint density at radius 3 is 2.03 bits per heavy atom. The summed E-state index contributed by atoms with van der Waals surface area (Å²) in [6.07, 6.45) is -0.767. The van der Waals surface area contributed by atoms with Crippen LogP contribution in [-0.4, -0.2) is 23.9 Å². The van der Waals surface area contributed by atoms with E-state index in [0.29, 0.717) is 16.4 Å². The Hall–Kier alpha value is -3.64. The molecule has 0 spiro atoms. The summed E-state index contributed by atoms with van der Waals surface area (Å²) >= 11 is 5.85. The van der Waals surface area contributed by atoms with E-state index >= 15 is 0 Å². The molecule has 3 aromatic rings. The number of hydrogen-bond acceptors (Lipinski definition) is 4. The predicted molar refractivity (Wildman–Crippen MR) is 125 cm³/mol. The molecule has 32 heavy (non-hydrogen) atoms. The van der Waals surface area contributed by atoms with Crippen LogP contribution in [0.4, 0.5) is 11.4 Å². The Bertz CT molecular complexity index is 1090. The van der Waals surface area contributed by atoms with Crippen LogP contribution in [0.2, 0.25) is 5.02 Å². The number of benzene rings is 3. The summed E-state index contributed by atoms with van der Waals surface area (Å²) in [6, 6.07) is 20.6. The Morgan fingerprint density at radius 2 is 1.41 bits per heavy atom. The third kappa shape index (κ3) is 6.68. The van der Waals surface area contributed by atoms with Gasteiger partial charge in [-0.25, -0.2) is 4.79 Å².